The number of nitrogens with one attached hydrogen (secondary N) is 3. The van der Waals surface area contributed by atoms with E-state index in [1.165, 1.54) is 62.4 Å². The number of hydrogen-bond donors (Lipinski definition) is 3. The Morgan fingerprint density at radius 1 is 1.09 bits per heavy atom. The maximum absolute atomic E-state index is 14.3. The van der Waals surface area contributed by atoms with Crippen molar-refractivity contribution in [2.45, 2.75) is 50.1 Å². The second-order valence-electron chi connectivity index (χ2n) is 8.35. The minimum absolute atomic E-state index is 0.0246. The highest BCUT2D eigenvalue weighted by Crippen LogP contribution is 2.42. The first-order valence-corrected chi connectivity index (χ1v) is 11.8. The first kappa shape index (κ1) is 26.3. The first-order valence-electron chi connectivity index (χ1n) is 11.1. The molecular weight excluding hydrogens is 490 g/mol. The zero-order valence-electron chi connectivity index (χ0n) is 18.3. The zero-order chi connectivity index (χ0) is 24.7. The molecule has 0 bridgehead atoms. The van der Waals surface area contributed by atoms with Crippen LogP contribution in [0.2, 0.25) is 10.0 Å². The molecule has 2 amide bonds. The summed E-state index contributed by atoms with van der Waals surface area (Å²) in [5, 5.41) is 7.38. The van der Waals surface area contributed by atoms with Crippen molar-refractivity contribution in [1.82, 2.24) is 10.6 Å². The van der Waals surface area contributed by atoms with E-state index in [9.17, 15) is 22.8 Å². The molecule has 1 aliphatic carbocycles. The van der Waals surface area contributed by atoms with E-state index < -0.39 is 29.6 Å². The lowest BCUT2D eigenvalue weighted by Gasteiger charge is -2.23. The number of benzene rings is 2. The summed E-state index contributed by atoms with van der Waals surface area (Å²) in [6.07, 6.45) is 7.08. The van der Waals surface area contributed by atoms with E-state index in [2.05, 4.69) is 10.6 Å². The summed E-state index contributed by atoms with van der Waals surface area (Å²) < 4.78 is 42.8. The van der Waals surface area contributed by atoms with E-state index in [-0.39, 0.29) is 22.8 Å². The number of amides is 2. The van der Waals surface area contributed by atoms with E-state index >= 15 is 0 Å². The maximum Gasteiger partial charge on any atom is 0.314 e. The van der Waals surface area contributed by atoms with Gasteiger partial charge in [-0.2, -0.15) is 8.78 Å². The fourth-order valence-corrected chi connectivity index (χ4v) is 4.69. The molecule has 0 spiro atoms. The minimum Gasteiger partial charge on any atom is -0.356 e. The number of carbonyl (C=O) groups is 2. The van der Waals surface area contributed by atoms with E-state index in [0.717, 1.165) is 6.41 Å². The van der Waals surface area contributed by atoms with Crippen LogP contribution in [0.4, 0.5) is 18.9 Å². The van der Waals surface area contributed by atoms with Crippen LogP contribution in [0.1, 0.15) is 43.6 Å². The monoisotopic (exact) mass is 515 g/mol. The molecule has 4 rings (SSSR count). The lowest BCUT2D eigenvalue weighted by Crippen LogP contribution is -2.42. The van der Waals surface area contributed by atoms with Crippen molar-refractivity contribution < 1.29 is 22.8 Å². The SMILES string of the molecule is O=C(Nc1cccc(Cl)c1)C1C(c2cccc(Cl)c2F)CNC1(F)F.O=CNC1CCCCC1. The quantitative estimate of drug-likeness (QED) is 0.351. The molecule has 1 heterocycles. The van der Waals surface area contributed by atoms with Crippen molar-refractivity contribution in [3.8, 4) is 0 Å². The van der Waals surface area contributed by atoms with Gasteiger partial charge < -0.3 is 10.6 Å². The Kier molecular flexibility index (Phi) is 9.22. The molecular formula is C24H26Cl2F3N3O2. The Bertz CT molecular complexity index is 1000. The van der Waals surface area contributed by atoms with Gasteiger partial charge in [0.05, 0.1) is 5.02 Å². The van der Waals surface area contributed by atoms with Crippen LogP contribution in [0.5, 0.6) is 0 Å². The largest absolute Gasteiger partial charge is 0.356 e. The summed E-state index contributed by atoms with van der Waals surface area (Å²) in [6, 6.07) is 7.27. The molecule has 1 aliphatic heterocycles. The van der Waals surface area contributed by atoms with Crippen molar-refractivity contribution in [1.29, 1.82) is 0 Å². The average Bonchev–Trinajstić information content (AvgIpc) is 3.12. The van der Waals surface area contributed by atoms with Gasteiger partial charge in [0.15, 0.2) is 0 Å². The summed E-state index contributed by atoms with van der Waals surface area (Å²) in [4.78, 5) is 22.5. The number of halogens is 5. The van der Waals surface area contributed by atoms with Crippen molar-refractivity contribution in [3.63, 3.8) is 0 Å². The minimum atomic E-state index is -3.48. The van der Waals surface area contributed by atoms with Gasteiger partial charge in [-0.25, -0.2) is 4.39 Å². The van der Waals surface area contributed by atoms with Crippen molar-refractivity contribution in [2.75, 3.05) is 11.9 Å². The average molecular weight is 516 g/mol. The molecule has 2 fully saturated rings. The Balaban J connectivity index is 0.000000302. The van der Waals surface area contributed by atoms with Crippen molar-refractivity contribution >= 4 is 41.2 Å². The van der Waals surface area contributed by atoms with Gasteiger partial charge in [0.25, 0.3) is 0 Å². The number of carbonyl (C=O) groups excluding carboxylic acids is 2. The molecule has 5 nitrogen and oxygen atoms in total. The highest BCUT2D eigenvalue weighted by Gasteiger charge is 2.55. The lowest BCUT2D eigenvalue weighted by molar-refractivity contribution is -0.134. The molecule has 3 N–H and O–H groups in total. The van der Waals surface area contributed by atoms with E-state index in [4.69, 9.17) is 23.2 Å². The zero-order valence-corrected chi connectivity index (χ0v) is 19.8. The van der Waals surface area contributed by atoms with Crippen LogP contribution in [-0.2, 0) is 9.59 Å². The summed E-state index contributed by atoms with van der Waals surface area (Å²) >= 11 is 11.6. The fourth-order valence-electron chi connectivity index (χ4n) is 4.32. The van der Waals surface area contributed by atoms with Gasteiger partial charge in [-0.15, -0.1) is 0 Å². The summed E-state index contributed by atoms with van der Waals surface area (Å²) in [5.41, 5.74) is 0.258. The van der Waals surface area contributed by atoms with Gasteiger partial charge in [0.2, 0.25) is 12.3 Å². The number of rotatable bonds is 5. The molecule has 34 heavy (non-hydrogen) atoms. The van der Waals surface area contributed by atoms with E-state index in [1.54, 1.807) is 12.1 Å². The third-order valence-electron chi connectivity index (χ3n) is 6.02. The topological polar surface area (TPSA) is 70.2 Å². The summed E-state index contributed by atoms with van der Waals surface area (Å²) in [6.45, 7) is -0.252. The highest BCUT2D eigenvalue weighted by atomic mass is 35.5. The van der Waals surface area contributed by atoms with Crippen LogP contribution in [-0.4, -0.2) is 31.0 Å². The molecule has 184 valence electrons. The van der Waals surface area contributed by atoms with Crippen LogP contribution < -0.4 is 16.0 Å². The number of alkyl halides is 2. The Labute approximate surface area is 206 Å². The van der Waals surface area contributed by atoms with Gasteiger partial charge in [0, 0.05) is 29.2 Å². The normalized spacial score (nSPS) is 21.8. The van der Waals surface area contributed by atoms with Gasteiger partial charge in [-0.1, -0.05) is 60.7 Å². The Hall–Kier alpha value is -2.29. The molecule has 1 saturated carbocycles. The Morgan fingerprint density at radius 2 is 1.79 bits per heavy atom. The predicted molar refractivity (Wildman–Crippen MR) is 127 cm³/mol. The molecule has 0 radical (unpaired) electrons. The summed E-state index contributed by atoms with van der Waals surface area (Å²) in [7, 11) is 0. The van der Waals surface area contributed by atoms with Gasteiger partial charge in [-0.3, -0.25) is 14.9 Å². The van der Waals surface area contributed by atoms with Crippen molar-refractivity contribution in [3.05, 3.63) is 63.9 Å². The van der Waals surface area contributed by atoms with E-state index in [0.29, 0.717) is 11.1 Å². The van der Waals surface area contributed by atoms with Crippen molar-refractivity contribution in [2.24, 2.45) is 5.92 Å². The predicted octanol–water partition coefficient (Wildman–Crippen LogP) is 5.73. The second kappa shape index (κ2) is 11.9. The molecule has 0 aromatic heterocycles. The fraction of sp³-hybridized carbons (Fsp3) is 0.417. The standard InChI is InChI=1S/C17H13Cl2F3N2O.C7H13NO/c18-9-3-1-4-10(7-9)24-16(25)14-12(8-23-17(14,21)22)11-5-2-6-13(19)15(11)20;9-6-8-7-4-2-1-3-5-7/h1-7,12,14,23H,8H2,(H,24,25);6-7H,1-5H2,(H,8,9). The third-order valence-corrected chi connectivity index (χ3v) is 6.54. The van der Waals surface area contributed by atoms with Crippen LogP contribution in [0, 0.1) is 11.7 Å². The maximum atomic E-state index is 14.3. The molecule has 2 aliphatic rings. The van der Waals surface area contributed by atoms with Crippen LogP contribution in [0.3, 0.4) is 0 Å². The first-order chi connectivity index (χ1) is 16.2. The molecule has 10 heteroatoms. The number of hydrogen-bond acceptors (Lipinski definition) is 3. The Morgan fingerprint density at radius 3 is 2.47 bits per heavy atom. The van der Waals surface area contributed by atoms with Crippen LogP contribution >= 0.6 is 23.2 Å². The van der Waals surface area contributed by atoms with E-state index in [1.807, 2.05) is 5.32 Å². The van der Waals surface area contributed by atoms with Gasteiger partial charge in [-0.05, 0) is 42.7 Å². The molecule has 2 unspecified atom stereocenters. The molecule has 1 saturated heterocycles. The molecule has 2 aromatic rings. The molecule has 2 aromatic carbocycles. The van der Waals surface area contributed by atoms with Crippen LogP contribution in [0.25, 0.3) is 0 Å². The number of anilines is 1. The van der Waals surface area contributed by atoms with Crippen LogP contribution in [0.15, 0.2) is 42.5 Å². The smallest absolute Gasteiger partial charge is 0.314 e. The van der Waals surface area contributed by atoms with Gasteiger partial charge >= 0.3 is 6.05 Å². The third kappa shape index (κ3) is 6.64. The van der Waals surface area contributed by atoms with Gasteiger partial charge in [0.1, 0.15) is 11.7 Å². The highest BCUT2D eigenvalue weighted by molar-refractivity contribution is 6.31. The lowest BCUT2D eigenvalue weighted by atomic mass is 9.86. The second-order valence-corrected chi connectivity index (χ2v) is 9.19. The summed E-state index contributed by atoms with van der Waals surface area (Å²) in [5.74, 6) is -4.58. The molecule has 2 atom stereocenters.